The number of aromatic nitrogens is 3. The van der Waals surface area contributed by atoms with Crippen molar-refractivity contribution in [2.75, 3.05) is 5.75 Å². The van der Waals surface area contributed by atoms with Crippen LogP contribution in [-0.4, -0.2) is 43.2 Å². The average molecular weight is 354 g/mol. The summed E-state index contributed by atoms with van der Waals surface area (Å²) in [7, 11) is 0. The van der Waals surface area contributed by atoms with Gasteiger partial charge in [0.2, 0.25) is 0 Å². The van der Waals surface area contributed by atoms with Gasteiger partial charge in [0.15, 0.2) is 10.8 Å². The summed E-state index contributed by atoms with van der Waals surface area (Å²) in [5, 5.41) is 8.96. The van der Waals surface area contributed by atoms with Gasteiger partial charge in [-0.3, -0.25) is 14.0 Å². The van der Waals surface area contributed by atoms with E-state index >= 15 is 0 Å². The molecule has 25 heavy (non-hydrogen) atoms. The van der Waals surface area contributed by atoms with Crippen LogP contribution < -0.4 is 0 Å². The molecular formula is C16H10N4O4S. The van der Waals surface area contributed by atoms with Crippen molar-refractivity contribution in [2.45, 2.75) is 5.16 Å². The Morgan fingerprint density at radius 1 is 1.00 bits per heavy atom. The lowest BCUT2D eigenvalue weighted by atomic mass is 10.1. The summed E-state index contributed by atoms with van der Waals surface area (Å²) in [6.07, 6.45) is 1.77. The molecule has 124 valence electrons. The first kappa shape index (κ1) is 15.3. The lowest BCUT2D eigenvalue weighted by Gasteiger charge is -2.12. The van der Waals surface area contributed by atoms with Crippen molar-refractivity contribution < 1.29 is 19.2 Å². The molecule has 1 aromatic carbocycles. The van der Waals surface area contributed by atoms with E-state index in [0.717, 1.165) is 11.8 Å². The fraction of sp³-hybridized carbons (Fsp3) is 0.0625. The van der Waals surface area contributed by atoms with Gasteiger partial charge in [-0.25, -0.2) is 4.79 Å². The Morgan fingerprint density at radius 2 is 1.68 bits per heavy atom. The van der Waals surface area contributed by atoms with E-state index < -0.39 is 17.8 Å². The summed E-state index contributed by atoms with van der Waals surface area (Å²) >= 11 is 1.10. The highest BCUT2D eigenvalue weighted by atomic mass is 32.2. The van der Waals surface area contributed by atoms with Crippen LogP contribution >= 0.6 is 11.8 Å². The second-order valence-electron chi connectivity index (χ2n) is 5.11. The van der Waals surface area contributed by atoms with Gasteiger partial charge in [-0.1, -0.05) is 35.0 Å². The van der Waals surface area contributed by atoms with Crippen LogP contribution in [0.5, 0.6) is 0 Å². The normalized spacial score (nSPS) is 13.4. The molecule has 4 rings (SSSR count). The number of thioether (sulfide) groups is 1. The van der Waals surface area contributed by atoms with Crippen LogP contribution in [0.1, 0.15) is 20.7 Å². The van der Waals surface area contributed by atoms with Crippen molar-refractivity contribution in [3.05, 3.63) is 59.8 Å². The fourth-order valence-corrected chi connectivity index (χ4v) is 3.11. The molecule has 0 radical (unpaired) electrons. The highest BCUT2D eigenvalue weighted by Crippen LogP contribution is 2.23. The second kappa shape index (κ2) is 6.02. The van der Waals surface area contributed by atoms with Gasteiger partial charge in [-0.15, -0.1) is 10.2 Å². The summed E-state index contributed by atoms with van der Waals surface area (Å²) in [6, 6.07) is 11.7. The quantitative estimate of drug-likeness (QED) is 0.518. The van der Waals surface area contributed by atoms with Gasteiger partial charge in [0.05, 0.1) is 11.1 Å². The number of rotatable bonds is 4. The maximum atomic E-state index is 12.1. The number of carbonyl (C=O) groups is 3. The number of imide groups is 1. The van der Waals surface area contributed by atoms with E-state index in [9.17, 15) is 14.4 Å². The maximum absolute atomic E-state index is 12.1. The predicted molar refractivity (Wildman–Crippen MR) is 86.7 cm³/mol. The summed E-state index contributed by atoms with van der Waals surface area (Å²) in [5.74, 6) is -2.14. The largest absolute Gasteiger partial charge is 0.343 e. The van der Waals surface area contributed by atoms with E-state index in [1.54, 1.807) is 28.8 Å². The van der Waals surface area contributed by atoms with E-state index in [-0.39, 0.29) is 16.9 Å². The molecule has 0 bridgehead atoms. The summed E-state index contributed by atoms with van der Waals surface area (Å²) < 4.78 is 1.72. The third-order valence-corrected chi connectivity index (χ3v) is 4.47. The fourth-order valence-electron chi connectivity index (χ4n) is 2.42. The van der Waals surface area contributed by atoms with Crippen molar-refractivity contribution in [3.8, 4) is 0 Å². The zero-order valence-corrected chi connectivity index (χ0v) is 13.5. The van der Waals surface area contributed by atoms with Crippen LogP contribution in [0.3, 0.4) is 0 Å². The average Bonchev–Trinajstić information content (AvgIpc) is 3.15. The van der Waals surface area contributed by atoms with Gasteiger partial charge in [0.25, 0.3) is 11.8 Å². The Hall–Kier alpha value is -3.20. The van der Waals surface area contributed by atoms with E-state index in [1.165, 1.54) is 12.1 Å². The summed E-state index contributed by atoms with van der Waals surface area (Å²) in [5.41, 5.74) is 1.09. The number of carbonyl (C=O) groups excluding carboxylic acids is 3. The van der Waals surface area contributed by atoms with Crippen LogP contribution in [0, 0.1) is 0 Å². The van der Waals surface area contributed by atoms with Crippen molar-refractivity contribution in [3.63, 3.8) is 0 Å². The molecule has 0 fully saturated rings. The van der Waals surface area contributed by atoms with Gasteiger partial charge in [0.1, 0.15) is 5.75 Å². The third-order valence-electron chi connectivity index (χ3n) is 3.55. The molecule has 0 saturated carbocycles. The van der Waals surface area contributed by atoms with Crippen molar-refractivity contribution in [1.29, 1.82) is 0 Å². The summed E-state index contributed by atoms with van der Waals surface area (Å²) in [6.45, 7) is 0. The zero-order valence-electron chi connectivity index (χ0n) is 12.7. The first-order chi connectivity index (χ1) is 12.1. The van der Waals surface area contributed by atoms with Gasteiger partial charge in [-0.05, 0) is 24.3 Å². The van der Waals surface area contributed by atoms with Gasteiger partial charge >= 0.3 is 5.97 Å². The van der Waals surface area contributed by atoms with Gasteiger partial charge < -0.3 is 4.84 Å². The molecular weight excluding hydrogens is 344 g/mol. The Balaban J connectivity index is 1.43. The monoisotopic (exact) mass is 354 g/mol. The molecule has 0 atom stereocenters. The van der Waals surface area contributed by atoms with Gasteiger partial charge in [0, 0.05) is 6.20 Å². The molecule has 0 aliphatic carbocycles. The zero-order chi connectivity index (χ0) is 17.4. The number of fused-ring (bicyclic) bond motifs is 2. The predicted octanol–water partition coefficient (Wildman–Crippen LogP) is 1.58. The minimum absolute atomic E-state index is 0.122. The van der Waals surface area contributed by atoms with Crippen LogP contribution in [-0.2, 0) is 9.63 Å². The lowest BCUT2D eigenvalue weighted by molar-refractivity contribution is -0.165. The standard InChI is InChI=1S/C16H10N4O4S/c21-13(9-25-16-18-17-12-7-3-4-8-19(12)16)24-20-14(22)10-5-1-2-6-11(10)15(20)23/h1-8H,9H2. The molecule has 0 saturated heterocycles. The molecule has 8 nitrogen and oxygen atoms in total. The minimum Gasteiger partial charge on any atom is -0.329 e. The molecule has 1 aliphatic rings. The minimum atomic E-state index is -0.729. The molecule has 0 spiro atoms. The van der Waals surface area contributed by atoms with Crippen molar-refractivity contribution in [1.82, 2.24) is 19.7 Å². The van der Waals surface area contributed by atoms with Crippen LogP contribution in [0.15, 0.2) is 53.8 Å². The number of pyridine rings is 1. The Morgan fingerprint density at radius 3 is 2.40 bits per heavy atom. The van der Waals surface area contributed by atoms with Crippen molar-refractivity contribution >= 4 is 35.2 Å². The third kappa shape index (κ3) is 2.64. The molecule has 2 aromatic heterocycles. The van der Waals surface area contributed by atoms with Crippen molar-refractivity contribution in [2.24, 2.45) is 0 Å². The van der Waals surface area contributed by atoms with E-state index in [1.807, 2.05) is 12.1 Å². The molecule has 0 N–H and O–H groups in total. The highest BCUT2D eigenvalue weighted by Gasteiger charge is 2.38. The van der Waals surface area contributed by atoms with E-state index in [4.69, 9.17) is 4.84 Å². The first-order valence-electron chi connectivity index (χ1n) is 7.26. The first-order valence-corrected chi connectivity index (χ1v) is 8.25. The Kier molecular flexibility index (Phi) is 3.69. The van der Waals surface area contributed by atoms with Crippen LogP contribution in [0.25, 0.3) is 5.65 Å². The number of hydroxylamine groups is 2. The van der Waals surface area contributed by atoms with E-state index in [0.29, 0.717) is 15.9 Å². The Bertz CT molecular complexity index is 981. The number of amides is 2. The molecule has 2 amide bonds. The number of nitrogens with zero attached hydrogens (tertiary/aromatic N) is 4. The Labute approximate surface area is 145 Å². The lowest BCUT2D eigenvalue weighted by Crippen LogP contribution is -2.33. The van der Waals surface area contributed by atoms with E-state index in [2.05, 4.69) is 10.2 Å². The number of benzene rings is 1. The SMILES string of the molecule is O=C(CSc1nnc2ccccn12)ON1C(=O)c2ccccc2C1=O. The molecule has 1 aliphatic heterocycles. The molecule has 3 heterocycles. The van der Waals surface area contributed by atoms with Gasteiger partial charge in [-0.2, -0.15) is 0 Å². The topological polar surface area (TPSA) is 93.9 Å². The number of hydrogen-bond donors (Lipinski definition) is 0. The van der Waals surface area contributed by atoms with Crippen LogP contribution in [0.4, 0.5) is 0 Å². The highest BCUT2D eigenvalue weighted by molar-refractivity contribution is 7.99. The number of hydrogen-bond acceptors (Lipinski definition) is 7. The second-order valence-corrected chi connectivity index (χ2v) is 6.06. The van der Waals surface area contributed by atoms with Crippen LogP contribution in [0.2, 0.25) is 0 Å². The smallest absolute Gasteiger partial charge is 0.329 e. The molecule has 3 aromatic rings. The summed E-state index contributed by atoms with van der Waals surface area (Å²) in [4.78, 5) is 41.3. The molecule has 9 heteroatoms. The molecule has 0 unspecified atom stereocenters. The maximum Gasteiger partial charge on any atom is 0.343 e.